The molecule has 0 atom stereocenters. The summed E-state index contributed by atoms with van der Waals surface area (Å²) >= 11 is 0. The summed E-state index contributed by atoms with van der Waals surface area (Å²) in [4.78, 5) is 0. The number of alkyl halides is 3. The molecule has 1 aromatic heterocycles. The second-order valence-corrected chi connectivity index (χ2v) is 3.15. The molecule has 0 fully saturated rings. The summed E-state index contributed by atoms with van der Waals surface area (Å²) in [6.07, 6.45) is 0.698. The van der Waals surface area contributed by atoms with E-state index >= 15 is 0 Å². The van der Waals surface area contributed by atoms with Gasteiger partial charge in [0.2, 0.25) is 0 Å². The van der Waals surface area contributed by atoms with Crippen LogP contribution in [0.2, 0.25) is 0 Å². The van der Waals surface area contributed by atoms with Gasteiger partial charge in [-0.2, -0.15) is 13.2 Å². The normalized spacial score (nSPS) is 11.6. The highest BCUT2D eigenvalue weighted by molar-refractivity contribution is 5.75. The van der Waals surface area contributed by atoms with Gasteiger partial charge in [-0.1, -0.05) is 11.1 Å². The first-order valence-corrected chi connectivity index (χ1v) is 4.36. The Morgan fingerprint density at radius 2 is 2.12 bits per heavy atom. The van der Waals surface area contributed by atoms with E-state index in [-0.39, 0.29) is 12.1 Å². The van der Waals surface area contributed by atoms with Crippen LogP contribution in [0.1, 0.15) is 5.56 Å². The first kappa shape index (κ1) is 10.5. The summed E-state index contributed by atoms with van der Waals surface area (Å²) in [6, 6.07) is 3.24. The minimum Gasteiger partial charge on any atom is -0.233 e. The van der Waals surface area contributed by atoms with E-state index in [1.165, 1.54) is 10.7 Å². The predicted molar refractivity (Wildman–Crippen MR) is 51.4 cm³/mol. The monoisotopic (exact) mass is 225 g/mol. The molecule has 0 saturated heterocycles. The molecule has 0 aliphatic heterocycles. The molecular formula is C10H6F3N3. The van der Waals surface area contributed by atoms with Gasteiger partial charge < -0.3 is 0 Å². The molecule has 1 aromatic carbocycles. The van der Waals surface area contributed by atoms with Crippen molar-refractivity contribution in [3.8, 4) is 12.3 Å². The van der Waals surface area contributed by atoms with Crippen molar-refractivity contribution in [1.29, 1.82) is 0 Å². The van der Waals surface area contributed by atoms with Gasteiger partial charge in [0.1, 0.15) is 12.1 Å². The molecule has 0 bridgehead atoms. The second kappa shape index (κ2) is 3.52. The number of nitrogens with zero attached hydrogens (tertiary/aromatic N) is 3. The fourth-order valence-electron chi connectivity index (χ4n) is 1.34. The van der Waals surface area contributed by atoms with E-state index < -0.39 is 11.7 Å². The summed E-state index contributed by atoms with van der Waals surface area (Å²) in [5, 5.41) is 7.38. The average Bonchev–Trinajstić information content (AvgIpc) is 2.60. The molecule has 0 unspecified atom stereocenters. The van der Waals surface area contributed by atoms with Gasteiger partial charge in [0.15, 0.2) is 0 Å². The topological polar surface area (TPSA) is 30.7 Å². The molecule has 16 heavy (non-hydrogen) atoms. The average molecular weight is 225 g/mol. The van der Waals surface area contributed by atoms with Crippen LogP contribution in [0, 0.1) is 12.3 Å². The number of hydrogen-bond acceptors (Lipinski definition) is 2. The van der Waals surface area contributed by atoms with Crippen LogP contribution in [0.4, 0.5) is 13.2 Å². The van der Waals surface area contributed by atoms with E-state index in [4.69, 9.17) is 6.42 Å². The minimum absolute atomic E-state index is 0.0951. The van der Waals surface area contributed by atoms with Crippen LogP contribution in [0.3, 0.4) is 0 Å². The highest BCUT2D eigenvalue weighted by Gasteiger charge is 2.30. The van der Waals surface area contributed by atoms with Gasteiger partial charge in [0, 0.05) is 0 Å². The molecular weight excluding hydrogens is 219 g/mol. The van der Waals surface area contributed by atoms with Crippen LogP contribution in [-0.2, 0) is 12.7 Å². The number of aromatic nitrogens is 3. The maximum Gasteiger partial charge on any atom is 0.416 e. The first-order valence-electron chi connectivity index (χ1n) is 4.36. The lowest BCUT2D eigenvalue weighted by molar-refractivity contribution is -0.137. The van der Waals surface area contributed by atoms with E-state index in [1.54, 1.807) is 0 Å². The van der Waals surface area contributed by atoms with Gasteiger partial charge >= 0.3 is 6.18 Å². The first-order chi connectivity index (χ1) is 7.52. The van der Waals surface area contributed by atoms with E-state index in [2.05, 4.69) is 16.2 Å². The van der Waals surface area contributed by atoms with Gasteiger partial charge in [0.05, 0.1) is 11.1 Å². The Bertz CT molecular complexity index is 563. The number of hydrogen-bond donors (Lipinski definition) is 0. The number of fused-ring (bicyclic) bond motifs is 1. The Hall–Kier alpha value is -2.03. The Kier molecular flexibility index (Phi) is 2.31. The highest BCUT2D eigenvalue weighted by Crippen LogP contribution is 2.30. The predicted octanol–water partition coefficient (Wildman–Crippen LogP) is 2.08. The Morgan fingerprint density at radius 1 is 1.38 bits per heavy atom. The summed E-state index contributed by atoms with van der Waals surface area (Å²) < 4.78 is 38.6. The molecule has 0 radical (unpaired) electrons. The fourth-order valence-corrected chi connectivity index (χ4v) is 1.34. The van der Waals surface area contributed by atoms with Crippen molar-refractivity contribution in [2.24, 2.45) is 0 Å². The van der Waals surface area contributed by atoms with Gasteiger partial charge in [-0.15, -0.1) is 11.5 Å². The molecule has 0 spiro atoms. The summed E-state index contributed by atoms with van der Waals surface area (Å²) in [5.41, 5.74) is -0.0587. The van der Waals surface area contributed by atoms with Crippen molar-refractivity contribution >= 4 is 11.0 Å². The van der Waals surface area contributed by atoms with Crippen molar-refractivity contribution in [2.45, 2.75) is 12.7 Å². The Balaban J connectivity index is 2.60. The van der Waals surface area contributed by atoms with Crippen molar-refractivity contribution in [3.63, 3.8) is 0 Å². The zero-order chi connectivity index (χ0) is 11.8. The lowest BCUT2D eigenvalue weighted by Crippen LogP contribution is -2.05. The summed E-state index contributed by atoms with van der Waals surface area (Å²) in [6.45, 7) is 0.0951. The van der Waals surface area contributed by atoms with Gasteiger partial charge in [-0.05, 0) is 18.2 Å². The summed E-state index contributed by atoms with van der Waals surface area (Å²) in [5.74, 6) is 2.30. The van der Waals surface area contributed by atoms with Crippen LogP contribution in [0.25, 0.3) is 11.0 Å². The lowest BCUT2D eigenvalue weighted by atomic mass is 10.2. The Morgan fingerprint density at radius 3 is 2.75 bits per heavy atom. The molecule has 3 nitrogen and oxygen atoms in total. The third kappa shape index (κ3) is 1.72. The van der Waals surface area contributed by atoms with Gasteiger partial charge in [-0.25, -0.2) is 4.68 Å². The quantitative estimate of drug-likeness (QED) is 0.695. The van der Waals surface area contributed by atoms with E-state index in [0.717, 1.165) is 12.1 Å². The van der Waals surface area contributed by atoms with E-state index in [1.807, 2.05) is 0 Å². The molecule has 82 valence electrons. The molecule has 2 rings (SSSR count). The molecule has 1 heterocycles. The maximum atomic E-state index is 12.4. The van der Waals surface area contributed by atoms with Gasteiger partial charge in [-0.3, -0.25) is 0 Å². The zero-order valence-electron chi connectivity index (χ0n) is 7.99. The van der Waals surface area contributed by atoms with E-state index in [9.17, 15) is 13.2 Å². The fraction of sp³-hybridized carbons (Fsp3) is 0.200. The molecule has 0 N–H and O–H groups in total. The van der Waals surface area contributed by atoms with Crippen LogP contribution < -0.4 is 0 Å². The molecule has 6 heteroatoms. The third-order valence-corrected chi connectivity index (χ3v) is 2.08. The number of halogens is 3. The Labute approximate surface area is 88.9 Å². The number of terminal acetylenes is 1. The van der Waals surface area contributed by atoms with Crippen LogP contribution >= 0.6 is 0 Å². The standard InChI is InChI=1S/C10H6F3N3/c1-2-5-16-9-6-7(10(11,12)13)3-4-8(9)14-15-16/h1,3-4,6H,5H2. The molecule has 0 aliphatic rings. The smallest absolute Gasteiger partial charge is 0.233 e. The third-order valence-electron chi connectivity index (χ3n) is 2.08. The van der Waals surface area contributed by atoms with Crippen LogP contribution in [0.5, 0.6) is 0 Å². The van der Waals surface area contributed by atoms with Crippen molar-refractivity contribution in [3.05, 3.63) is 23.8 Å². The maximum absolute atomic E-state index is 12.4. The minimum atomic E-state index is -4.38. The zero-order valence-corrected chi connectivity index (χ0v) is 7.99. The van der Waals surface area contributed by atoms with Crippen LogP contribution in [-0.4, -0.2) is 15.0 Å². The molecule has 0 saturated carbocycles. The van der Waals surface area contributed by atoms with Crippen LogP contribution in [0.15, 0.2) is 18.2 Å². The molecule has 2 aromatic rings. The highest BCUT2D eigenvalue weighted by atomic mass is 19.4. The van der Waals surface area contributed by atoms with Crippen molar-refractivity contribution in [2.75, 3.05) is 0 Å². The lowest BCUT2D eigenvalue weighted by Gasteiger charge is -2.06. The second-order valence-electron chi connectivity index (χ2n) is 3.15. The van der Waals surface area contributed by atoms with E-state index in [0.29, 0.717) is 5.52 Å². The largest absolute Gasteiger partial charge is 0.416 e. The molecule has 0 amide bonds. The number of rotatable bonds is 1. The van der Waals surface area contributed by atoms with Crippen molar-refractivity contribution < 1.29 is 13.2 Å². The molecule has 0 aliphatic carbocycles. The summed E-state index contributed by atoms with van der Waals surface area (Å²) in [7, 11) is 0. The van der Waals surface area contributed by atoms with Crippen molar-refractivity contribution in [1.82, 2.24) is 15.0 Å². The number of benzene rings is 1. The SMILES string of the molecule is C#CCn1nnc2ccc(C(F)(F)F)cc21. The van der Waals surface area contributed by atoms with Gasteiger partial charge in [0.25, 0.3) is 0 Å².